The second-order valence-electron chi connectivity index (χ2n) is 6.41. The number of carbonyl (C=O) groups is 2. The molecule has 0 bridgehead atoms. The van der Waals surface area contributed by atoms with Crippen LogP contribution in [0.15, 0.2) is 12.1 Å². The third kappa shape index (κ3) is 3.35. The summed E-state index contributed by atoms with van der Waals surface area (Å²) in [6, 6.07) is 3.63. The Morgan fingerprint density at radius 3 is 3.00 bits per heavy atom. The van der Waals surface area contributed by atoms with Crippen LogP contribution in [0.3, 0.4) is 0 Å². The van der Waals surface area contributed by atoms with Crippen molar-refractivity contribution < 1.29 is 19.4 Å². The summed E-state index contributed by atoms with van der Waals surface area (Å²) in [7, 11) is 0. The second kappa shape index (κ2) is 6.61. The molecule has 6 nitrogen and oxygen atoms in total. The molecule has 0 spiro atoms. The maximum Gasteiger partial charge on any atom is 0.254 e. The predicted molar refractivity (Wildman–Crippen MR) is 88.9 cm³/mol. The van der Waals surface area contributed by atoms with Gasteiger partial charge in [0, 0.05) is 37.0 Å². The standard InChI is InChI=1S/C17H21ClN2O4/c1-11(21)20-5-2-4-17(23,10-20)16(22)19-9-13-8-14(18)7-12-3-6-24-15(12)13/h7-8,23H,2-6,9-10H2,1H3,(H,19,22)/t17-/m0/s1. The van der Waals surface area contributed by atoms with Gasteiger partial charge in [0.15, 0.2) is 5.60 Å². The number of benzene rings is 1. The smallest absolute Gasteiger partial charge is 0.254 e. The Labute approximate surface area is 145 Å². The molecule has 1 saturated heterocycles. The number of likely N-dealkylation sites (tertiary alicyclic amines) is 1. The van der Waals surface area contributed by atoms with E-state index in [1.165, 1.54) is 11.8 Å². The highest BCUT2D eigenvalue weighted by Crippen LogP contribution is 2.33. The maximum atomic E-state index is 12.5. The van der Waals surface area contributed by atoms with Crippen molar-refractivity contribution in [3.05, 3.63) is 28.3 Å². The predicted octanol–water partition coefficient (Wildman–Crippen LogP) is 1.26. The Morgan fingerprint density at radius 1 is 1.46 bits per heavy atom. The van der Waals surface area contributed by atoms with Gasteiger partial charge in [-0.3, -0.25) is 9.59 Å². The van der Waals surface area contributed by atoms with Gasteiger partial charge in [-0.1, -0.05) is 11.6 Å². The van der Waals surface area contributed by atoms with Crippen LogP contribution in [0, 0.1) is 0 Å². The van der Waals surface area contributed by atoms with Crippen molar-refractivity contribution >= 4 is 23.4 Å². The van der Waals surface area contributed by atoms with Gasteiger partial charge in [-0.15, -0.1) is 0 Å². The summed E-state index contributed by atoms with van der Waals surface area (Å²) in [5.41, 5.74) is 0.282. The highest BCUT2D eigenvalue weighted by molar-refractivity contribution is 6.30. The molecule has 3 rings (SSSR count). The van der Waals surface area contributed by atoms with Crippen LogP contribution < -0.4 is 10.1 Å². The molecule has 7 heteroatoms. The van der Waals surface area contributed by atoms with E-state index >= 15 is 0 Å². The van der Waals surface area contributed by atoms with Crippen LogP contribution in [0.1, 0.15) is 30.9 Å². The fraction of sp³-hybridized carbons (Fsp3) is 0.529. The Bertz CT molecular complexity index is 679. The van der Waals surface area contributed by atoms with Gasteiger partial charge in [0.05, 0.1) is 13.2 Å². The summed E-state index contributed by atoms with van der Waals surface area (Å²) >= 11 is 6.11. The first-order valence-electron chi connectivity index (χ1n) is 8.09. The minimum atomic E-state index is -1.55. The molecule has 0 aromatic heterocycles. The summed E-state index contributed by atoms with van der Waals surface area (Å²) in [5.74, 6) is 0.155. The number of carbonyl (C=O) groups excluding carboxylic acids is 2. The molecule has 2 heterocycles. The molecular weight excluding hydrogens is 332 g/mol. The van der Waals surface area contributed by atoms with Gasteiger partial charge in [-0.05, 0) is 30.5 Å². The van der Waals surface area contributed by atoms with Crippen LogP contribution >= 0.6 is 11.6 Å². The molecule has 2 amide bonds. The lowest BCUT2D eigenvalue weighted by atomic mass is 9.91. The zero-order valence-corrected chi connectivity index (χ0v) is 14.4. The van der Waals surface area contributed by atoms with E-state index in [9.17, 15) is 14.7 Å². The van der Waals surface area contributed by atoms with Gasteiger partial charge >= 0.3 is 0 Å². The Hall–Kier alpha value is -1.79. The number of aliphatic hydroxyl groups is 1. The largest absolute Gasteiger partial charge is 0.493 e. The minimum absolute atomic E-state index is 0.0261. The Morgan fingerprint density at radius 2 is 2.25 bits per heavy atom. The zero-order chi connectivity index (χ0) is 17.3. The van der Waals surface area contributed by atoms with E-state index in [-0.39, 0.29) is 19.0 Å². The highest BCUT2D eigenvalue weighted by atomic mass is 35.5. The number of β-amino-alcohol motifs (C(OH)–C–C–N with tert-alkyl or cyclic N) is 1. The number of halogens is 1. The SMILES string of the molecule is CC(=O)N1CCC[C@@](O)(C(=O)NCc2cc(Cl)cc3c2OCC3)C1. The van der Waals surface area contributed by atoms with Crippen LogP contribution in [-0.4, -0.2) is 47.1 Å². The molecule has 1 fully saturated rings. The molecular formula is C17H21ClN2O4. The van der Waals surface area contributed by atoms with E-state index in [0.717, 1.165) is 23.3 Å². The van der Waals surface area contributed by atoms with E-state index in [0.29, 0.717) is 31.0 Å². The van der Waals surface area contributed by atoms with Gasteiger partial charge in [-0.2, -0.15) is 0 Å². The van der Waals surface area contributed by atoms with Gasteiger partial charge < -0.3 is 20.1 Å². The molecule has 0 aliphatic carbocycles. The molecule has 2 N–H and O–H groups in total. The lowest BCUT2D eigenvalue weighted by Gasteiger charge is -2.37. The molecule has 0 radical (unpaired) electrons. The van der Waals surface area contributed by atoms with E-state index < -0.39 is 11.5 Å². The number of hydrogen-bond donors (Lipinski definition) is 2. The molecule has 2 aliphatic rings. The topological polar surface area (TPSA) is 78.9 Å². The average molecular weight is 353 g/mol. The van der Waals surface area contributed by atoms with Crippen molar-refractivity contribution in [3.8, 4) is 5.75 Å². The third-order valence-corrected chi connectivity index (χ3v) is 4.82. The highest BCUT2D eigenvalue weighted by Gasteiger charge is 2.41. The van der Waals surface area contributed by atoms with E-state index in [1.54, 1.807) is 6.07 Å². The summed E-state index contributed by atoms with van der Waals surface area (Å²) < 4.78 is 5.61. The van der Waals surface area contributed by atoms with Gasteiger partial charge in [0.2, 0.25) is 5.91 Å². The third-order valence-electron chi connectivity index (χ3n) is 4.60. The van der Waals surface area contributed by atoms with Crippen molar-refractivity contribution in [2.24, 2.45) is 0 Å². The first kappa shape index (κ1) is 17.0. The van der Waals surface area contributed by atoms with Crippen molar-refractivity contribution in [3.63, 3.8) is 0 Å². The molecule has 0 saturated carbocycles. The summed E-state index contributed by atoms with van der Waals surface area (Å²) in [5, 5.41) is 14.0. The van der Waals surface area contributed by atoms with Gasteiger partial charge in [0.25, 0.3) is 5.91 Å². The molecule has 24 heavy (non-hydrogen) atoms. The Balaban J connectivity index is 1.69. The van der Waals surface area contributed by atoms with E-state index in [1.807, 2.05) is 6.07 Å². The fourth-order valence-corrected chi connectivity index (χ4v) is 3.57. The molecule has 0 unspecified atom stereocenters. The molecule has 2 aliphatic heterocycles. The first-order chi connectivity index (χ1) is 11.4. The normalized spacial score (nSPS) is 22.7. The number of rotatable bonds is 3. The van der Waals surface area contributed by atoms with Crippen molar-refractivity contribution in [1.29, 1.82) is 0 Å². The Kier molecular flexibility index (Phi) is 4.69. The minimum Gasteiger partial charge on any atom is -0.493 e. The van der Waals surface area contributed by atoms with Crippen LogP contribution in [0.2, 0.25) is 5.02 Å². The quantitative estimate of drug-likeness (QED) is 0.858. The maximum absolute atomic E-state index is 12.5. The fourth-order valence-electron chi connectivity index (χ4n) is 3.31. The monoisotopic (exact) mass is 352 g/mol. The number of nitrogens with one attached hydrogen (secondary N) is 1. The second-order valence-corrected chi connectivity index (χ2v) is 6.85. The molecule has 1 aromatic carbocycles. The lowest BCUT2D eigenvalue weighted by Crippen LogP contribution is -2.57. The molecule has 1 aromatic rings. The van der Waals surface area contributed by atoms with Crippen LogP contribution in [0.5, 0.6) is 5.75 Å². The number of hydrogen-bond acceptors (Lipinski definition) is 4. The van der Waals surface area contributed by atoms with Crippen LogP contribution in [-0.2, 0) is 22.6 Å². The van der Waals surface area contributed by atoms with E-state index in [2.05, 4.69) is 5.32 Å². The van der Waals surface area contributed by atoms with E-state index in [4.69, 9.17) is 16.3 Å². The summed E-state index contributed by atoms with van der Waals surface area (Å²) in [4.78, 5) is 25.5. The number of nitrogens with zero attached hydrogens (tertiary/aromatic N) is 1. The average Bonchev–Trinajstić information content (AvgIpc) is 3.00. The molecule has 1 atom stereocenters. The van der Waals surface area contributed by atoms with Gasteiger partial charge in [0.1, 0.15) is 5.75 Å². The summed E-state index contributed by atoms with van der Waals surface area (Å²) in [6.45, 7) is 2.87. The number of piperidine rings is 1. The van der Waals surface area contributed by atoms with Crippen molar-refractivity contribution in [2.75, 3.05) is 19.7 Å². The van der Waals surface area contributed by atoms with Crippen molar-refractivity contribution in [2.45, 2.75) is 38.3 Å². The number of amides is 2. The lowest BCUT2D eigenvalue weighted by molar-refractivity contribution is -0.150. The number of fused-ring (bicyclic) bond motifs is 1. The molecule has 130 valence electrons. The zero-order valence-electron chi connectivity index (χ0n) is 13.6. The van der Waals surface area contributed by atoms with Crippen LogP contribution in [0.4, 0.5) is 0 Å². The first-order valence-corrected chi connectivity index (χ1v) is 8.47. The van der Waals surface area contributed by atoms with Gasteiger partial charge in [-0.25, -0.2) is 0 Å². The van der Waals surface area contributed by atoms with Crippen molar-refractivity contribution in [1.82, 2.24) is 10.2 Å². The number of ether oxygens (including phenoxy) is 1. The summed E-state index contributed by atoms with van der Waals surface area (Å²) in [6.07, 6.45) is 1.74. The van der Waals surface area contributed by atoms with Crippen LogP contribution in [0.25, 0.3) is 0 Å².